The molecule has 31 heavy (non-hydrogen) atoms. The standard InChI is InChI=1S/C23H23N7O/c1-30(2)16-5-3-15(4-6-16)29-23(31)18-8-13(7-14(10-24)22(18)26)19-11-27-20-12-28-21(25)9-17(19)20/h3-12,24,27H,26H2,1-2H3,(H2,25,28)(H,29,31)/p+1. The molecule has 2 aromatic carbocycles. The van der Waals surface area contributed by atoms with Gasteiger partial charge >= 0.3 is 0 Å². The number of aromatic amines is 1. The third-order valence-corrected chi connectivity index (χ3v) is 5.18. The molecule has 0 saturated heterocycles. The number of fused-ring (bicyclic) bond motifs is 1. The van der Waals surface area contributed by atoms with Gasteiger partial charge in [0.25, 0.3) is 5.91 Å². The highest BCUT2D eigenvalue weighted by Gasteiger charge is 2.18. The highest BCUT2D eigenvalue weighted by molar-refractivity contribution is 6.11. The van der Waals surface area contributed by atoms with Crippen LogP contribution in [0.1, 0.15) is 15.9 Å². The van der Waals surface area contributed by atoms with Gasteiger partial charge in [-0.3, -0.25) is 10.2 Å². The van der Waals surface area contributed by atoms with E-state index in [2.05, 4.69) is 15.3 Å². The van der Waals surface area contributed by atoms with Gasteiger partial charge in [-0.15, -0.1) is 0 Å². The van der Waals surface area contributed by atoms with Crippen molar-refractivity contribution in [2.45, 2.75) is 0 Å². The molecule has 4 rings (SSSR count). The number of nitrogen functional groups attached to an aromatic ring is 2. The van der Waals surface area contributed by atoms with Crippen molar-refractivity contribution in [2.75, 3.05) is 35.8 Å². The fourth-order valence-corrected chi connectivity index (χ4v) is 3.47. The maximum atomic E-state index is 13.1. The van der Waals surface area contributed by atoms with Gasteiger partial charge in [-0.1, -0.05) is 0 Å². The van der Waals surface area contributed by atoms with Crippen LogP contribution >= 0.6 is 0 Å². The first-order valence-corrected chi connectivity index (χ1v) is 9.67. The molecule has 8 heteroatoms. The number of nitrogens with zero attached hydrogens (tertiary/aromatic N) is 2. The third kappa shape index (κ3) is 3.78. The van der Waals surface area contributed by atoms with Gasteiger partial charge < -0.3 is 26.7 Å². The summed E-state index contributed by atoms with van der Waals surface area (Å²) in [5.74, 6) is 0.0922. The molecule has 8 N–H and O–H groups in total. The predicted octanol–water partition coefficient (Wildman–Crippen LogP) is 1.89. The molecule has 0 radical (unpaired) electrons. The van der Waals surface area contributed by atoms with E-state index in [0.717, 1.165) is 27.7 Å². The van der Waals surface area contributed by atoms with E-state index in [1.54, 1.807) is 18.3 Å². The number of nitrogens with one attached hydrogen (secondary N) is 2. The number of benzene rings is 2. The van der Waals surface area contributed by atoms with Crippen LogP contribution in [0, 0.1) is 0 Å². The quantitative estimate of drug-likeness (QED) is 0.251. The molecule has 1 amide bonds. The smallest absolute Gasteiger partial charge is 0.257 e. The summed E-state index contributed by atoms with van der Waals surface area (Å²) in [5.41, 5.74) is 17.5. The lowest BCUT2D eigenvalue weighted by molar-refractivity contribution is -0.104. The average molecular weight is 414 g/mol. The monoisotopic (exact) mass is 414 g/mol. The summed E-state index contributed by atoms with van der Waals surface area (Å²) < 4.78 is 0. The number of hydrogen-bond acceptors (Lipinski definition) is 5. The van der Waals surface area contributed by atoms with Crippen molar-refractivity contribution < 1.29 is 10.2 Å². The van der Waals surface area contributed by atoms with E-state index in [1.807, 2.05) is 55.5 Å². The minimum absolute atomic E-state index is 0.315. The maximum Gasteiger partial charge on any atom is 0.257 e. The number of hydrogen-bond donors (Lipinski definition) is 5. The van der Waals surface area contributed by atoms with E-state index in [9.17, 15) is 4.79 Å². The molecule has 0 unspecified atom stereocenters. The van der Waals surface area contributed by atoms with Crippen LogP contribution in [0.25, 0.3) is 22.0 Å². The fourth-order valence-electron chi connectivity index (χ4n) is 3.47. The Hall–Kier alpha value is -4.33. The molecule has 156 valence electrons. The number of H-pyrrole nitrogens is 1. The molecule has 8 nitrogen and oxygen atoms in total. The van der Waals surface area contributed by atoms with Crippen LogP contribution in [-0.4, -0.2) is 36.2 Å². The molecule has 4 aromatic rings. The van der Waals surface area contributed by atoms with Gasteiger partial charge in [0.2, 0.25) is 0 Å². The van der Waals surface area contributed by atoms with Crippen molar-refractivity contribution >= 4 is 45.9 Å². The summed E-state index contributed by atoms with van der Waals surface area (Å²) >= 11 is 0. The Morgan fingerprint density at radius 1 is 1.16 bits per heavy atom. The predicted molar refractivity (Wildman–Crippen MR) is 126 cm³/mol. The molecule has 0 spiro atoms. The van der Waals surface area contributed by atoms with Crippen LogP contribution in [-0.2, 0) is 0 Å². The molecule has 2 heterocycles. The Bertz CT molecular complexity index is 1290. The second-order valence-electron chi connectivity index (χ2n) is 7.45. The van der Waals surface area contributed by atoms with Crippen molar-refractivity contribution in [2.24, 2.45) is 0 Å². The highest BCUT2D eigenvalue weighted by atomic mass is 16.1. The van der Waals surface area contributed by atoms with Gasteiger partial charge in [0.05, 0.1) is 28.5 Å². The van der Waals surface area contributed by atoms with E-state index >= 15 is 0 Å². The molecule has 0 aliphatic carbocycles. The van der Waals surface area contributed by atoms with Gasteiger partial charge in [0.15, 0.2) is 6.21 Å². The van der Waals surface area contributed by atoms with Crippen LogP contribution in [0.5, 0.6) is 0 Å². The Morgan fingerprint density at radius 3 is 2.58 bits per heavy atom. The molecular weight excluding hydrogens is 390 g/mol. The van der Waals surface area contributed by atoms with Gasteiger partial charge in [-0.05, 0) is 48.0 Å². The zero-order valence-corrected chi connectivity index (χ0v) is 17.3. The molecule has 0 fully saturated rings. The molecule has 0 atom stereocenters. The average Bonchev–Trinajstić information content (AvgIpc) is 3.17. The molecule has 0 bridgehead atoms. The van der Waals surface area contributed by atoms with Crippen LogP contribution < -0.4 is 27.1 Å². The topological polar surface area (TPSA) is 139 Å². The highest BCUT2D eigenvalue weighted by Crippen LogP contribution is 2.33. The van der Waals surface area contributed by atoms with Crippen LogP contribution in [0.3, 0.4) is 0 Å². The summed E-state index contributed by atoms with van der Waals surface area (Å²) in [6, 6.07) is 12.9. The first-order valence-electron chi connectivity index (χ1n) is 9.67. The zero-order valence-electron chi connectivity index (χ0n) is 17.3. The van der Waals surface area contributed by atoms with Gasteiger partial charge in [0, 0.05) is 42.6 Å². The van der Waals surface area contributed by atoms with Crippen LogP contribution in [0.2, 0.25) is 0 Å². The molecule has 0 aliphatic heterocycles. The SMILES string of the molecule is CN(C)c1ccc(NC(=O)c2cc(-c3c[nH]c4cnc(N)cc34)cc(C=[NH2+])c2N)cc1. The van der Waals surface area contributed by atoms with E-state index in [1.165, 1.54) is 6.21 Å². The summed E-state index contributed by atoms with van der Waals surface area (Å²) in [6.07, 6.45) is 4.91. The van der Waals surface area contributed by atoms with Crippen LogP contribution in [0.15, 0.2) is 54.9 Å². The molecule has 0 saturated carbocycles. The van der Waals surface area contributed by atoms with Crippen molar-refractivity contribution in [3.05, 3.63) is 66.0 Å². The number of rotatable bonds is 5. The molecule has 2 aromatic heterocycles. The minimum atomic E-state index is -0.318. The number of nitrogens with two attached hydrogens (primary N) is 3. The van der Waals surface area contributed by atoms with Gasteiger partial charge in [-0.25, -0.2) is 4.98 Å². The number of anilines is 4. The van der Waals surface area contributed by atoms with Crippen molar-refractivity contribution in [3.63, 3.8) is 0 Å². The van der Waals surface area contributed by atoms with Gasteiger partial charge in [0.1, 0.15) is 5.82 Å². The van der Waals surface area contributed by atoms with E-state index in [0.29, 0.717) is 28.3 Å². The number of aromatic nitrogens is 2. The van der Waals surface area contributed by atoms with Crippen molar-refractivity contribution in [3.8, 4) is 11.1 Å². The van der Waals surface area contributed by atoms with Crippen LogP contribution in [0.4, 0.5) is 22.9 Å². The third-order valence-electron chi connectivity index (χ3n) is 5.18. The number of amides is 1. The van der Waals surface area contributed by atoms with E-state index in [4.69, 9.17) is 16.9 Å². The Morgan fingerprint density at radius 2 is 1.90 bits per heavy atom. The Kier molecular flexibility index (Phi) is 5.04. The van der Waals surface area contributed by atoms with Gasteiger partial charge in [-0.2, -0.15) is 0 Å². The maximum absolute atomic E-state index is 13.1. The normalized spacial score (nSPS) is 10.8. The minimum Gasteiger partial charge on any atom is -0.397 e. The zero-order chi connectivity index (χ0) is 22.1. The second kappa shape index (κ2) is 7.83. The first-order chi connectivity index (χ1) is 14.9. The van der Waals surface area contributed by atoms with Crippen molar-refractivity contribution in [1.29, 1.82) is 0 Å². The number of pyridine rings is 1. The summed E-state index contributed by atoms with van der Waals surface area (Å²) in [5, 5.41) is 9.60. The fraction of sp³-hybridized carbons (Fsp3) is 0.0870. The lowest BCUT2D eigenvalue weighted by atomic mass is 9.97. The second-order valence-corrected chi connectivity index (χ2v) is 7.45. The lowest BCUT2D eigenvalue weighted by Gasteiger charge is -2.14. The summed E-state index contributed by atoms with van der Waals surface area (Å²) in [4.78, 5) is 22.3. The Balaban J connectivity index is 1.74. The van der Waals surface area contributed by atoms with E-state index < -0.39 is 0 Å². The Labute approximate surface area is 179 Å². The van der Waals surface area contributed by atoms with E-state index in [-0.39, 0.29) is 5.91 Å². The summed E-state index contributed by atoms with van der Waals surface area (Å²) in [6.45, 7) is 0. The van der Waals surface area contributed by atoms with Crippen molar-refractivity contribution in [1.82, 2.24) is 9.97 Å². The largest absolute Gasteiger partial charge is 0.397 e. The number of carbonyl (C=O) groups is 1. The molecular formula is C23H24N7O+. The summed E-state index contributed by atoms with van der Waals surface area (Å²) in [7, 11) is 3.91. The lowest BCUT2D eigenvalue weighted by Crippen LogP contribution is -2.30. The first kappa shape index (κ1) is 20.0. The molecule has 0 aliphatic rings. The number of carbonyl (C=O) groups excluding carboxylic acids is 1.